The first-order chi connectivity index (χ1) is 7.50. The molecule has 1 aromatic carbocycles. The number of benzene rings is 1. The van der Waals surface area contributed by atoms with Crippen LogP contribution in [-0.2, 0) is 4.79 Å². The van der Waals surface area contributed by atoms with E-state index in [4.69, 9.17) is 11.6 Å². The zero-order chi connectivity index (χ0) is 12.1. The summed E-state index contributed by atoms with van der Waals surface area (Å²) >= 11 is 5.82. The van der Waals surface area contributed by atoms with Crippen molar-refractivity contribution < 1.29 is 4.79 Å². The molecule has 1 N–H and O–H groups in total. The summed E-state index contributed by atoms with van der Waals surface area (Å²) in [5.41, 5.74) is 1.02. The van der Waals surface area contributed by atoms with Crippen molar-refractivity contribution in [1.29, 1.82) is 0 Å². The smallest absolute Gasteiger partial charge is 0.138 e. The van der Waals surface area contributed by atoms with E-state index >= 15 is 0 Å². The van der Waals surface area contributed by atoms with Crippen molar-refractivity contribution in [2.24, 2.45) is 0 Å². The van der Waals surface area contributed by atoms with E-state index in [1.807, 2.05) is 24.3 Å². The summed E-state index contributed by atoms with van der Waals surface area (Å²) in [7, 11) is 0. The van der Waals surface area contributed by atoms with Gasteiger partial charge in [-0.3, -0.25) is 4.79 Å². The zero-order valence-electron chi connectivity index (χ0n) is 9.96. The van der Waals surface area contributed by atoms with Gasteiger partial charge in [-0.2, -0.15) is 0 Å². The summed E-state index contributed by atoms with van der Waals surface area (Å²) in [4.78, 5) is 11.6. The molecule has 88 valence electrons. The van der Waals surface area contributed by atoms with Crippen molar-refractivity contribution in [1.82, 2.24) is 5.32 Å². The van der Waals surface area contributed by atoms with Crippen molar-refractivity contribution >= 4 is 17.4 Å². The van der Waals surface area contributed by atoms with Gasteiger partial charge < -0.3 is 5.32 Å². The quantitative estimate of drug-likeness (QED) is 0.856. The number of hydrogen-bond donors (Lipinski definition) is 1. The monoisotopic (exact) mass is 239 g/mol. The molecule has 1 atom stereocenters. The van der Waals surface area contributed by atoms with Gasteiger partial charge in [0, 0.05) is 17.6 Å². The van der Waals surface area contributed by atoms with Gasteiger partial charge >= 0.3 is 0 Å². The second-order valence-corrected chi connectivity index (χ2v) is 4.71. The van der Waals surface area contributed by atoms with Crippen LogP contribution in [0, 0.1) is 0 Å². The lowest BCUT2D eigenvalue weighted by molar-refractivity contribution is -0.118. The molecule has 0 spiro atoms. The van der Waals surface area contributed by atoms with Gasteiger partial charge in [0.15, 0.2) is 0 Å². The highest BCUT2D eigenvalue weighted by molar-refractivity contribution is 6.30. The van der Waals surface area contributed by atoms with Gasteiger partial charge in [-0.1, -0.05) is 37.6 Å². The summed E-state index contributed by atoms with van der Waals surface area (Å²) < 4.78 is 0. The van der Waals surface area contributed by atoms with Crippen LogP contribution in [0.3, 0.4) is 0 Å². The van der Waals surface area contributed by atoms with Gasteiger partial charge in [-0.25, -0.2) is 0 Å². The molecule has 0 aliphatic heterocycles. The Kier molecular flexibility index (Phi) is 4.97. The van der Waals surface area contributed by atoms with Gasteiger partial charge in [0.1, 0.15) is 5.78 Å². The molecule has 2 nitrogen and oxygen atoms in total. The van der Waals surface area contributed by atoms with Crippen LogP contribution >= 0.6 is 11.6 Å². The van der Waals surface area contributed by atoms with Gasteiger partial charge in [-0.15, -0.1) is 0 Å². The standard InChI is InChI=1S/C13H18ClNO/c1-9(2)15-8-13(10(3)16)11-4-6-12(14)7-5-11/h4-7,9,13,15H,8H2,1-3H3. The van der Waals surface area contributed by atoms with Gasteiger partial charge in [0.05, 0.1) is 5.92 Å². The maximum atomic E-state index is 11.6. The Morgan fingerprint density at radius 3 is 2.31 bits per heavy atom. The molecule has 0 radical (unpaired) electrons. The normalized spacial score (nSPS) is 12.8. The van der Waals surface area contributed by atoms with Crippen LogP contribution in [0.2, 0.25) is 5.02 Å². The highest BCUT2D eigenvalue weighted by Crippen LogP contribution is 2.19. The highest BCUT2D eigenvalue weighted by Gasteiger charge is 2.16. The molecule has 0 bridgehead atoms. The van der Waals surface area contributed by atoms with Crippen LogP contribution in [0.15, 0.2) is 24.3 Å². The van der Waals surface area contributed by atoms with E-state index in [1.54, 1.807) is 6.92 Å². The third-order valence-corrected chi connectivity index (χ3v) is 2.75. The Morgan fingerprint density at radius 2 is 1.88 bits per heavy atom. The number of rotatable bonds is 5. The molecule has 0 heterocycles. The second-order valence-electron chi connectivity index (χ2n) is 4.28. The summed E-state index contributed by atoms with van der Waals surface area (Å²) in [6.07, 6.45) is 0. The third kappa shape index (κ3) is 3.95. The van der Waals surface area contributed by atoms with Crippen molar-refractivity contribution in [3.05, 3.63) is 34.9 Å². The van der Waals surface area contributed by atoms with E-state index < -0.39 is 0 Å². The molecule has 0 aromatic heterocycles. The van der Waals surface area contributed by atoms with Gasteiger partial charge in [-0.05, 0) is 24.6 Å². The van der Waals surface area contributed by atoms with E-state index in [9.17, 15) is 4.79 Å². The van der Waals surface area contributed by atoms with Crippen molar-refractivity contribution in [2.45, 2.75) is 32.7 Å². The number of nitrogens with one attached hydrogen (secondary N) is 1. The Labute approximate surface area is 102 Å². The van der Waals surface area contributed by atoms with E-state index in [0.29, 0.717) is 17.6 Å². The third-order valence-electron chi connectivity index (χ3n) is 2.49. The van der Waals surface area contributed by atoms with Crippen molar-refractivity contribution in [3.63, 3.8) is 0 Å². The first kappa shape index (κ1) is 13.2. The molecule has 1 aromatic rings. The van der Waals surface area contributed by atoms with E-state index in [-0.39, 0.29) is 11.7 Å². The zero-order valence-corrected chi connectivity index (χ0v) is 10.7. The largest absolute Gasteiger partial charge is 0.313 e. The van der Waals surface area contributed by atoms with Crippen LogP contribution < -0.4 is 5.32 Å². The average Bonchev–Trinajstić information content (AvgIpc) is 2.20. The van der Waals surface area contributed by atoms with E-state index in [1.165, 1.54) is 0 Å². The van der Waals surface area contributed by atoms with Crippen LogP contribution in [0.4, 0.5) is 0 Å². The summed E-state index contributed by atoms with van der Waals surface area (Å²) in [5.74, 6) is 0.0927. The predicted molar refractivity (Wildman–Crippen MR) is 68.0 cm³/mol. The van der Waals surface area contributed by atoms with Crippen LogP contribution in [0.1, 0.15) is 32.3 Å². The lowest BCUT2D eigenvalue weighted by Gasteiger charge is -2.17. The van der Waals surface area contributed by atoms with Crippen LogP contribution in [-0.4, -0.2) is 18.4 Å². The Bertz CT molecular complexity index is 345. The molecule has 1 unspecified atom stereocenters. The fourth-order valence-corrected chi connectivity index (χ4v) is 1.67. The van der Waals surface area contributed by atoms with Crippen molar-refractivity contribution in [3.8, 4) is 0 Å². The Hall–Kier alpha value is -0.860. The first-order valence-electron chi connectivity index (χ1n) is 5.50. The number of hydrogen-bond acceptors (Lipinski definition) is 2. The molecule has 0 saturated carbocycles. The summed E-state index contributed by atoms with van der Waals surface area (Å²) in [5, 5.41) is 3.98. The summed E-state index contributed by atoms with van der Waals surface area (Å²) in [6.45, 7) is 6.44. The predicted octanol–water partition coefficient (Wildman–Crippen LogP) is 3.01. The molecular weight excluding hydrogens is 222 g/mol. The maximum Gasteiger partial charge on any atom is 0.138 e. The van der Waals surface area contributed by atoms with Crippen molar-refractivity contribution in [2.75, 3.05) is 6.54 Å². The van der Waals surface area contributed by atoms with E-state index in [0.717, 1.165) is 5.56 Å². The second kappa shape index (κ2) is 6.02. The SMILES string of the molecule is CC(=O)C(CNC(C)C)c1ccc(Cl)cc1. The molecule has 0 aliphatic rings. The number of carbonyl (C=O) groups is 1. The lowest BCUT2D eigenvalue weighted by Crippen LogP contribution is -2.30. The minimum absolute atomic E-state index is 0.0836. The minimum atomic E-state index is -0.0836. The first-order valence-corrected chi connectivity index (χ1v) is 5.87. The molecule has 3 heteroatoms. The minimum Gasteiger partial charge on any atom is -0.313 e. The molecule has 16 heavy (non-hydrogen) atoms. The summed E-state index contributed by atoms with van der Waals surface area (Å²) in [6, 6.07) is 7.85. The van der Waals surface area contributed by atoms with E-state index in [2.05, 4.69) is 19.2 Å². The number of Topliss-reactive ketones (excluding diaryl/α,β-unsaturated/α-hetero) is 1. The molecule has 0 aliphatic carbocycles. The van der Waals surface area contributed by atoms with Gasteiger partial charge in [0.25, 0.3) is 0 Å². The Morgan fingerprint density at radius 1 is 1.31 bits per heavy atom. The van der Waals surface area contributed by atoms with Crippen LogP contribution in [0.5, 0.6) is 0 Å². The van der Waals surface area contributed by atoms with Gasteiger partial charge in [0.2, 0.25) is 0 Å². The molecule has 0 amide bonds. The fourth-order valence-electron chi connectivity index (χ4n) is 1.54. The molecule has 0 saturated heterocycles. The average molecular weight is 240 g/mol. The molecule has 0 fully saturated rings. The number of carbonyl (C=O) groups excluding carboxylic acids is 1. The maximum absolute atomic E-state index is 11.6. The molecular formula is C13H18ClNO. The Balaban J connectivity index is 2.77. The molecule has 1 rings (SSSR count). The number of ketones is 1. The van der Waals surface area contributed by atoms with Crippen LogP contribution in [0.25, 0.3) is 0 Å². The topological polar surface area (TPSA) is 29.1 Å². The fraction of sp³-hybridized carbons (Fsp3) is 0.462. The highest BCUT2D eigenvalue weighted by atomic mass is 35.5. The number of halogens is 1. The lowest BCUT2D eigenvalue weighted by atomic mass is 9.95.